The third-order valence-electron chi connectivity index (χ3n) is 5.46. The Morgan fingerprint density at radius 3 is 2.59 bits per heavy atom. The van der Waals surface area contributed by atoms with Crippen LogP contribution in [-0.2, 0) is 0 Å². The lowest BCUT2D eigenvalue weighted by atomic mass is 9.83. The second-order valence-electron chi connectivity index (χ2n) is 6.65. The molecule has 1 heterocycles. The molecule has 2 nitrogen and oxygen atoms in total. The molecule has 0 aromatic rings. The Kier molecular flexibility index (Phi) is 3.45. The van der Waals surface area contributed by atoms with Crippen LogP contribution >= 0.6 is 0 Å². The standard InChI is InChI=1S/C15H28N2/c1-2-15(8-3-4-9-15)12-16-13-7-10-17(11-13)14-5-6-14/h13-14,16H,2-12H2,1H3. The van der Waals surface area contributed by atoms with Crippen molar-refractivity contribution in [2.24, 2.45) is 5.41 Å². The van der Waals surface area contributed by atoms with Crippen molar-refractivity contribution in [2.75, 3.05) is 19.6 Å². The van der Waals surface area contributed by atoms with E-state index < -0.39 is 0 Å². The average molecular weight is 236 g/mol. The second-order valence-corrected chi connectivity index (χ2v) is 6.65. The monoisotopic (exact) mass is 236 g/mol. The minimum Gasteiger partial charge on any atom is -0.312 e. The molecule has 2 heteroatoms. The van der Waals surface area contributed by atoms with E-state index in [1.807, 2.05) is 0 Å². The summed E-state index contributed by atoms with van der Waals surface area (Å²) in [6.07, 6.45) is 11.6. The zero-order chi connectivity index (χ0) is 11.7. The fourth-order valence-corrected chi connectivity index (χ4v) is 3.87. The van der Waals surface area contributed by atoms with Gasteiger partial charge in [0, 0.05) is 31.7 Å². The molecule has 1 unspecified atom stereocenters. The lowest BCUT2D eigenvalue weighted by molar-refractivity contribution is 0.250. The van der Waals surface area contributed by atoms with Gasteiger partial charge in [-0.15, -0.1) is 0 Å². The molecule has 0 bridgehead atoms. The van der Waals surface area contributed by atoms with E-state index in [0.29, 0.717) is 5.41 Å². The van der Waals surface area contributed by atoms with Gasteiger partial charge in [-0.2, -0.15) is 0 Å². The van der Waals surface area contributed by atoms with E-state index in [9.17, 15) is 0 Å². The van der Waals surface area contributed by atoms with Crippen molar-refractivity contribution in [3.8, 4) is 0 Å². The Hall–Kier alpha value is -0.0800. The maximum absolute atomic E-state index is 3.89. The molecule has 1 saturated heterocycles. The van der Waals surface area contributed by atoms with Crippen LogP contribution in [0.25, 0.3) is 0 Å². The smallest absolute Gasteiger partial charge is 0.0207 e. The molecule has 3 aliphatic rings. The fraction of sp³-hybridized carbons (Fsp3) is 1.00. The molecule has 98 valence electrons. The molecule has 0 amide bonds. The quantitative estimate of drug-likeness (QED) is 0.789. The number of hydrogen-bond acceptors (Lipinski definition) is 2. The van der Waals surface area contributed by atoms with E-state index in [0.717, 1.165) is 12.1 Å². The number of nitrogens with zero attached hydrogens (tertiary/aromatic N) is 1. The van der Waals surface area contributed by atoms with Crippen LogP contribution in [0.15, 0.2) is 0 Å². The van der Waals surface area contributed by atoms with Crippen LogP contribution in [0.5, 0.6) is 0 Å². The molecule has 1 N–H and O–H groups in total. The minimum atomic E-state index is 0.660. The molecular formula is C15H28N2. The molecule has 1 atom stereocenters. The molecule has 0 spiro atoms. The molecule has 0 aromatic heterocycles. The Balaban J connectivity index is 1.44. The van der Waals surface area contributed by atoms with Gasteiger partial charge >= 0.3 is 0 Å². The van der Waals surface area contributed by atoms with Crippen molar-refractivity contribution < 1.29 is 0 Å². The first-order chi connectivity index (χ1) is 8.31. The second kappa shape index (κ2) is 4.89. The Morgan fingerprint density at radius 1 is 1.18 bits per heavy atom. The highest BCUT2D eigenvalue weighted by Crippen LogP contribution is 2.40. The normalized spacial score (nSPS) is 33.4. The first-order valence-electron chi connectivity index (χ1n) is 7.79. The summed E-state index contributed by atoms with van der Waals surface area (Å²) in [5.41, 5.74) is 0.660. The average Bonchev–Trinajstić information content (AvgIpc) is 2.94. The SMILES string of the molecule is CCC1(CNC2CCN(C3CC3)C2)CCCC1. The summed E-state index contributed by atoms with van der Waals surface area (Å²) in [6.45, 7) is 6.34. The predicted octanol–water partition coefficient (Wildman–Crippen LogP) is 2.78. The number of hydrogen-bond donors (Lipinski definition) is 1. The first-order valence-corrected chi connectivity index (χ1v) is 7.79. The van der Waals surface area contributed by atoms with Crippen LogP contribution in [0.2, 0.25) is 0 Å². The van der Waals surface area contributed by atoms with Gasteiger partial charge in [-0.1, -0.05) is 19.8 Å². The zero-order valence-electron chi connectivity index (χ0n) is 11.4. The highest BCUT2D eigenvalue weighted by atomic mass is 15.2. The number of rotatable bonds is 5. The van der Waals surface area contributed by atoms with E-state index in [2.05, 4.69) is 17.1 Å². The van der Waals surface area contributed by atoms with Crippen molar-refractivity contribution in [1.82, 2.24) is 10.2 Å². The topological polar surface area (TPSA) is 15.3 Å². The van der Waals surface area contributed by atoms with E-state index in [4.69, 9.17) is 0 Å². The van der Waals surface area contributed by atoms with Crippen LogP contribution in [0.3, 0.4) is 0 Å². The summed E-state index contributed by atoms with van der Waals surface area (Å²) < 4.78 is 0. The summed E-state index contributed by atoms with van der Waals surface area (Å²) >= 11 is 0. The summed E-state index contributed by atoms with van der Waals surface area (Å²) in [6, 6.07) is 1.76. The Morgan fingerprint density at radius 2 is 1.94 bits per heavy atom. The van der Waals surface area contributed by atoms with Crippen molar-refractivity contribution >= 4 is 0 Å². The minimum absolute atomic E-state index is 0.660. The zero-order valence-corrected chi connectivity index (χ0v) is 11.4. The van der Waals surface area contributed by atoms with Gasteiger partial charge in [-0.05, 0) is 43.9 Å². The van der Waals surface area contributed by atoms with Gasteiger partial charge in [-0.25, -0.2) is 0 Å². The maximum atomic E-state index is 3.89. The molecular weight excluding hydrogens is 208 g/mol. The van der Waals surface area contributed by atoms with Crippen molar-refractivity contribution in [3.63, 3.8) is 0 Å². The fourth-order valence-electron chi connectivity index (χ4n) is 3.87. The summed E-state index contributed by atoms with van der Waals surface area (Å²) in [4.78, 5) is 2.71. The summed E-state index contributed by atoms with van der Waals surface area (Å²) in [5.74, 6) is 0. The molecule has 1 aliphatic heterocycles. The molecule has 3 rings (SSSR count). The van der Waals surface area contributed by atoms with E-state index >= 15 is 0 Å². The van der Waals surface area contributed by atoms with Crippen LogP contribution < -0.4 is 5.32 Å². The van der Waals surface area contributed by atoms with Gasteiger partial charge in [0.1, 0.15) is 0 Å². The molecule has 2 aliphatic carbocycles. The van der Waals surface area contributed by atoms with Gasteiger partial charge < -0.3 is 5.32 Å². The Bertz CT molecular complexity index is 254. The van der Waals surface area contributed by atoms with Gasteiger partial charge in [0.15, 0.2) is 0 Å². The van der Waals surface area contributed by atoms with E-state index in [1.165, 1.54) is 71.0 Å². The van der Waals surface area contributed by atoms with Crippen LogP contribution in [0.1, 0.15) is 58.3 Å². The molecule has 0 aromatic carbocycles. The molecule has 3 fully saturated rings. The van der Waals surface area contributed by atoms with Crippen molar-refractivity contribution in [3.05, 3.63) is 0 Å². The van der Waals surface area contributed by atoms with Gasteiger partial charge in [0.2, 0.25) is 0 Å². The Labute approximate surface area is 106 Å². The highest BCUT2D eigenvalue weighted by molar-refractivity contribution is 4.93. The van der Waals surface area contributed by atoms with E-state index in [-0.39, 0.29) is 0 Å². The summed E-state index contributed by atoms with van der Waals surface area (Å²) in [7, 11) is 0. The summed E-state index contributed by atoms with van der Waals surface area (Å²) in [5, 5.41) is 3.89. The molecule has 17 heavy (non-hydrogen) atoms. The lowest BCUT2D eigenvalue weighted by Gasteiger charge is -2.29. The van der Waals surface area contributed by atoms with Crippen LogP contribution in [0, 0.1) is 5.41 Å². The van der Waals surface area contributed by atoms with Crippen molar-refractivity contribution in [1.29, 1.82) is 0 Å². The number of nitrogens with one attached hydrogen (secondary N) is 1. The van der Waals surface area contributed by atoms with Crippen molar-refractivity contribution in [2.45, 2.75) is 70.4 Å². The van der Waals surface area contributed by atoms with Crippen LogP contribution in [0.4, 0.5) is 0 Å². The third kappa shape index (κ3) is 2.68. The molecule has 2 saturated carbocycles. The van der Waals surface area contributed by atoms with Gasteiger partial charge in [-0.3, -0.25) is 4.90 Å². The predicted molar refractivity (Wildman–Crippen MR) is 72.2 cm³/mol. The molecule has 0 radical (unpaired) electrons. The highest BCUT2D eigenvalue weighted by Gasteiger charge is 2.36. The largest absolute Gasteiger partial charge is 0.312 e. The first kappa shape index (κ1) is 12.0. The third-order valence-corrected chi connectivity index (χ3v) is 5.46. The van der Waals surface area contributed by atoms with Gasteiger partial charge in [0.25, 0.3) is 0 Å². The van der Waals surface area contributed by atoms with Gasteiger partial charge in [0.05, 0.1) is 0 Å². The number of likely N-dealkylation sites (tertiary alicyclic amines) is 1. The van der Waals surface area contributed by atoms with Crippen LogP contribution in [-0.4, -0.2) is 36.6 Å². The maximum Gasteiger partial charge on any atom is 0.0207 e. The lowest BCUT2D eigenvalue weighted by Crippen LogP contribution is -2.40. The van der Waals surface area contributed by atoms with E-state index in [1.54, 1.807) is 0 Å².